The number of Topliss-reactive ketones (excluding diaryl/α,β-unsaturated/α-hetero) is 1. The fourth-order valence-electron chi connectivity index (χ4n) is 7.34. The third kappa shape index (κ3) is 2.59. The predicted octanol–water partition coefficient (Wildman–Crippen LogP) is 7.03. The van der Waals surface area contributed by atoms with Crippen LogP contribution >= 0.6 is 23.5 Å². The molecule has 4 aliphatic carbocycles. The Kier molecular flexibility index (Phi) is 4.08. The van der Waals surface area contributed by atoms with Gasteiger partial charge in [-0.25, -0.2) is 0 Å². The number of hydrogen-bond acceptors (Lipinski definition) is 3. The van der Waals surface area contributed by atoms with Crippen molar-refractivity contribution in [2.45, 2.75) is 67.1 Å². The maximum absolute atomic E-state index is 12.6. The first-order chi connectivity index (χ1) is 13.9. The molecule has 3 heteroatoms. The largest absolute Gasteiger partial charge is 0.299 e. The molecular formula is C26H30OS2. The van der Waals surface area contributed by atoms with E-state index in [0.717, 1.165) is 30.9 Å². The van der Waals surface area contributed by atoms with E-state index in [2.05, 4.69) is 68.1 Å². The number of carbonyl (C=O) groups excluding carboxylic acids is 1. The van der Waals surface area contributed by atoms with Crippen molar-refractivity contribution in [1.29, 1.82) is 0 Å². The minimum absolute atomic E-state index is 0.0167. The highest BCUT2D eigenvalue weighted by molar-refractivity contribution is 8.19. The molecule has 0 N–H and O–H groups in total. The summed E-state index contributed by atoms with van der Waals surface area (Å²) in [4.78, 5) is 14.1. The standard InChI is InChI=1S/C26H30OS2/c1-24-13-14-26(28-16-17-5-3-4-6-22(17)29-26)15-18(24)7-8-19-20-9-10-23(27)25(20,2)12-11-21(19)24/h3-6,13-15,19-21H,7-12,16H2,1-2H3/t19-,20-,21-,24-,25-,26-/m0/s1. The van der Waals surface area contributed by atoms with Gasteiger partial charge in [-0.05, 0) is 61.5 Å². The number of fused-ring (bicyclic) bond motifs is 6. The quantitative estimate of drug-likeness (QED) is 0.418. The Morgan fingerprint density at radius 2 is 1.86 bits per heavy atom. The summed E-state index contributed by atoms with van der Waals surface area (Å²) in [7, 11) is 0. The molecular weight excluding hydrogens is 392 g/mol. The Labute approximate surface area is 183 Å². The van der Waals surface area contributed by atoms with Crippen molar-refractivity contribution < 1.29 is 4.79 Å². The maximum Gasteiger partial charge on any atom is 0.139 e. The molecule has 1 aromatic rings. The van der Waals surface area contributed by atoms with Gasteiger partial charge < -0.3 is 0 Å². The van der Waals surface area contributed by atoms with Crippen molar-refractivity contribution in [3.8, 4) is 0 Å². The van der Waals surface area contributed by atoms with Crippen LogP contribution in [0.3, 0.4) is 0 Å². The summed E-state index contributed by atoms with van der Waals surface area (Å²) >= 11 is 4.12. The molecule has 0 saturated heterocycles. The number of hydrogen-bond donors (Lipinski definition) is 0. The molecule has 5 aliphatic rings. The van der Waals surface area contributed by atoms with E-state index < -0.39 is 0 Å². The van der Waals surface area contributed by atoms with Crippen molar-refractivity contribution >= 4 is 29.3 Å². The van der Waals surface area contributed by atoms with Crippen LogP contribution in [0, 0.1) is 28.6 Å². The Hall–Kier alpha value is -0.930. The molecule has 0 unspecified atom stereocenters. The van der Waals surface area contributed by atoms with Crippen LogP contribution in [0.4, 0.5) is 0 Å². The molecule has 6 atom stereocenters. The Bertz CT molecular complexity index is 948. The van der Waals surface area contributed by atoms with E-state index in [4.69, 9.17) is 0 Å². The van der Waals surface area contributed by atoms with Gasteiger partial charge in [-0.2, -0.15) is 0 Å². The summed E-state index contributed by atoms with van der Waals surface area (Å²) in [5.41, 5.74) is 3.33. The van der Waals surface area contributed by atoms with Crippen molar-refractivity contribution in [3.63, 3.8) is 0 Å². The van der Waals surface area contributed by atoms with E-state index in [1.165, 1.54) is 29.7 Å². The lowest BCUT2D eigenvalue weighted by molar-refractivity contribution is -0.131. The molecule has 6 rings (SSSR count). The van der Waals surface area contributed by atoms with Crippen molar-refractivity contribution in [3.05, 3.63) is 53.6 Å². The molecule has 0 bridgehead atoms. The van der Waals surface area contributed by atoms with Crippen LogP contribution in [0.15, 0.2) is 53.0 Å². The highest BCUT2D eigenvalue weighted by Crippen LogP contribution is 2.65. The Morgan fingerprint density at radius 3 is 2.76 bits per heavy atom. The van der Waals surface area contributed by atoms with E-state index in [1.807, 2.05) is 11.8 Å². The lowest BCUT2D eigenvalue weighted by Gasteiger charge is -2.56. The predicted molar refractivity (Wildman–Crippen MR) is 123 cm³/mol. The summed E-state index contributed by atoms with van der Waals surface area (Å²) in [5.74, 6) is 3.73. The molecule has 1 aliphatic heterocycles. The Balaban J connectivity index is 1.33. The van der Waals surface area contributed by atoms with Gasteiger partial charge in [-0.1, -0.05) is 67.6 Å². The van der Waals surface area contributed by atoms with Crippen LogP contribution in [0.1, 0.15) is 57.9 Å². The molecule has 29 heavy (non-hydrogen) atoms. The first-order valence-electron chi connectivity index (χ1n) is 11.3. The van der Waals surface area contributed by atoms with Gasteiger partial charge in [0.2, 0.25) is 0 Å². The maximum atomic E-state index is 12.6. The third-order valence-corrected chi connectivity index (χ3v) is 12.0. The lowest BCUT2D eigenvalue weighted by Crippen LogP contribution is -2.50. The zero-order chi connectivity index (χ0) is 19.9. The minimum Gasteiger partial charge on any atom is -0.299 e. The first kappa shape index (κ1) is 18.8. The van der Waals surface area contributed by atoms with Crippen LogP contribution in [0.5, 0.6) is 0 Å². The molecule has 1 nitrogen and oxygen atoms in total. The second-order valence-electron chi connectivity index (χ2n) is 10.3. The zero-order valence-corrected chi connectivity index (χ0v) is 19.1. The minimum atomic E-state index is -0.0167. The normalized spacial score (nSPS) is 45.2. The zero-order valence-electron chi connectivity index (χ0n) is 17.4. The topological polar surface area (TPSA) is 17.1 Å². The van der Waals surface area contributed by atoms with Gasteiger partial charge in [0, 0.05) is 27.9 Å². The van der Waals surface area contributed by atoms with Gasteiger partial charge >= 0.3 is 0 Å². The van der Waals surface area contributed by atoms with Gasteiger partial charge in [0.15, 0.2) is 0 Å². The monoisotopic (exact) mass is 422 g/mol. The number of rotatable bonds is 0. The van der Waals surface area contributed by atoms with Gasteiger partial charge in [0.05, 0.1) is 0 Å². The number of benzene rings is 1. The molecule has 1 spiro atoms. The van der Waals surface area contributed by atoms with E-state index in [1.54, 1.807) is 5.57 Å². The molecule has 1 aromatic carbocycles. The molecule has 0 aromatic heterocycles. The van der Waals surface area contributed by atoms with Crippen LogP contribution < -0.4 is 0 Å². The SMILES string of the molecule is C[C@]12C=C[C@]3(C=C1CC[C@@H]1[C@@H]2CC[C@]2(C)C(=O)CC[C@@H]12)SCc1ccccc1S3. The van der Waals surface area contributed by atoms with Crippen molar-refractivity contribution in [1.82, 2.24) is 0 Å². The lowest BCUT2D eigenvalue weighted by atomic mass is 9.48. The summed E-state index contributed by atoms with van der Waals surface area (Å²) in [6, 6.07) is 8.90. The molecule has 1 heterocycles. The molecule has 0 radical (unpaired) electrons. The molecule has 0 amide bonds. The summed E-state index contributed by atoms with van der Waals surface area (Å²) < 4.78 is 0.0720. The fourth-order valence-corrected chi connectivity index (χ4v) is 10.2. The van der Waals surface area contributed by atoms with Gasteiger partial charge in [0.1, 0.15) is 9.86 Å². The van der Waals surface area contributed by atoms with E-state index in [9.17, 15) is 4.79 Å². The van der Waals surface area contributed by atoms with Crippen LogP contribution in [0.2, 0.25) is 0 Å². The van der Waals surface area contributed by atoms with Crippen LogP contribution in [0.25, 0.3) is 0 Å². The second-order valence-corrected chi connectivity index (χ2v) is 13.2. The highest BCUT2D eigenvalue weighted by Gasteiger charge is 2.59. The summed E-state index contributed by atoms with van der Waals surface area (Å²) in [6.07, 6.45) is 14.6. The number of carbonyl (C=O) groups is 1. The number of ketones is 1. The van der Waals surface area contributed by atoms with Gasteiger partial charge in [-0.3, -0.25) is 4.79 Å². The van der Waals surface area contributed by atoms with Crippen LogP contribution in [-0.4, -0.2) is 9.86 Å². The second kappa shape index (κ2) is 6.29. The third-order valence-electron chi connectivity index (χ3n) is 9.09. The Morgan fingerprint density at radius 1 is 1.00 bits per heavy atom. The average Bonchev–Trinajstić information content (AvgIpc) is 3.03. The highest BCUT2D eigenvalue weighted by atomic mass is 32.2. The summed E-state index contributed by atoms with van der Waals surface area (Å²) in [5, 5.41) is 0. The molecule has 3 fully saturated rings. The van der Waals surface area contributed by atoms with Gasteiger partial charge in [0.25, 0.3) is 0 Å². The first-order valence-corrected chi connectivity index (χ1v) is 13.1. The molecule has 152 valence electrons. The number of thioether (sulfide) groups is 2. The number of allylic oxidation sites excluding steroid dienone is 2. The van der Waals surface area contributed by atoms with Gasteiger partial charge in [-0.15, -0.1) is 11.8 Å². The van der Waals surface area contributed by atoms with E-state index >= 15 is 0 Å². The smallest absolute Gasteiger partial charge is 0.139 e. The van der Waals surface area contributed by atoms with E-state index in [-0.39, 0.29) is 14.9 Å². The van der Waals surface area contributed by atoms with E-state index in [0.29, 0.717) is 17.6 Å². The average molecular weight is 423 g/mol. The van der Waals surface area contributed by atoms with Crippen LogP contribution in [-0.2, 0) is 10.5 Å². The fraction of sp³-hybridized carbons (Fsp3) is 0.577. The molecule has 3 saturated carbocycles. The van der Waals surface area contributed by atoms with Crippen molar-refractivity contribution in [2.24, 2.45) is 28.6 Å². The van der Waals surface area contributed by atoms with Crippen molar-refractivity contribution in [2.75, 3.05) is 0 Å². The summed E-state index contributed by atoms with van der Waals surface area (Å²) in [6.45, 7) is 4.79.